The smallest absolute Gasteiger partial charge is 0.251 e. The van der Waals surface area contributed by atoms with Gasteiger partial charge in [0.15, 0.2) is 0 Å². The predicted octanol–water partition coefficient (Wildman–Crippen LogP) is 2.84. The van der Waals surface area contributed by atoms with Gasteiger partial charge in [-0.2, -0.15) is 0 Å². The zero-order valence-electron chi connectivity index (χ0n) is 12.4. The van der Waals surface area contributed by atoms with Crippen LogP contribution in [0.4, 0.5) is 0 Å². The van der Waals surface area contributed by atoms with Crippen LogP contribution in [-0.4, -0.2) is 28.1 Å². The SMILES string of the molecule is CC1CCCC(CO)(NC(=O)c2ccc3[nH]ccc3c2)C1. The zero-order valence-corrected chi connectivity index (χ0v) is 12.4. The molecule has 112 valence electrons. The van der Waals surface area contributed by atoms with Gasteiger partial charge in [0.25, 0.3) is 5.91 Å². The molecule has 1 aromatic carbocycles. The third-order valence-electron chi connectivity index (χ3n) is 4.59. The average molecular weight is 286 g/mol. The number of carbonyl (C=O) groups is 1. The summed E-state index contributed by atoms with van der Waals surface area (Å²) in [5, 5.41) is 13.9. The first kappa shape index (κ1) is 14.1. The van der Waals surface area contributed by atoms with Crippen LogP contribution < -0.4 is 5.32 Å². The van der Waals surface area contributed by atoms with E-state index in [1.165, 1.54) is 6.42 Å². The summed E-state index contributed by atoms with van der Waals surface area (Å²) in [6, 6.07) is 7.58. The van der Waals surface area contributed by atoms with E-state index in [0.717, 1.165) is 30.2 Å². The first-order valence-corrected chi connectivity index (χ1v) is 7.62. The van der Waals surface area contributed by atoms with E-state index in [2.05, 4.69) is 17.2 Å². The number of aromatic amines is 1. The van der Waals surface area contributed by atoms with Crippen molar-refractivity contribution in [2.24, 2.45) is 5.92 Å². The second-order valence-electron chi connectivity index (χ2n) is 6.37. The van der Waals surface area contributed by atoms with Gasteiger partial charge in [-0.25, -0.2) is 0 Å². The van der Waals surface area contributed by atoms with Gasteiger partial charge >= 0.3 is 0 Å². The fourth-order valence-electron chi connectivity index (χ4n) is 3.46. The second kappa shape index (κ2) is 5.53. The molecule has 2 aromatic rings. The van der Waals surface area contributed by atoms with Gasteiger partial charge in [0, 0.05) is 22.7 Å². The number of amides is 1. The van der Waals surface area contributed by atoms with E-state index in [1.54, 1.807) is 0 Å². The van der Waals surface area contributed by atoms with Crippen molar-refractivity contribution in [3.8, 4) is 0 Å². The summed E-state index contributed by atoms with van der Waals surface area (Å²) >= 11 is 0. The van der Waals surface area contributed by atoms with Gasteiger partial charge in [0.05, 0.1) is 12.1 Å². The lowest BCUT2D eigenvalue weighted by atomic mass is 9.76. The standard InChI is InChI=1S/C17H22N2O2/c1-12-3-2-7-17(10-12,11-20)19-16(21)14-4-5-15-13(9-14)6-8-18-15/h4-6,8-9,12,18,20H,2-3,7,10-11H2,1H3,(H,19,21). The van der Waals surface area contributed by atoms with Crippen molar-refractivity contribution in [1.82, 2.24) is 10.3 Å². The lowest BCUT2D eigenvalue weighted by molar-refractivity contribution is 0.0697. The molecule has 4 nitrogen and oxygen atoms in total. The van der Waals surface area contributed by atoms with Crippen LogP contribution in [0.15, 0.2) is 30.5 Å². The highest BCUT2D eigenvalue weighted by atomic mass is 16.3. The molecule has 4 heteroatoms. The van der Waals surface area contributed by atoms with Gasteiger partial charge < -0.3 is 15.4 Å². The number of fused-ring (bicyclic) bond motifs is 1. The maximum atomic E-state index is 12.5. The highest BCUT2D eigenvalue weighted by Crippen LogP contribution is 2.32. The molecule has 1 aliphatic rings. The summed E-state index contributed by atoms with van der Waals surface area (Å²) < 4.78 is 0. The molecule has 0 radical (unpaired) electrons. The molecule has 0 bridgehead atoms. The van der Waals surface area contributed by atoms with Crippen LogP contribution in [0.25, 0.3) is 10.9 Å². The van der Waals surface area contributed by atoms with E-state index < -0.39 is 5.54 Å². The molecule has 1 amide bonds. The third kappa shape index (κ3) is 2.81. The Balaban J connectivity index is 1.80. The minimum atomic E-state index is -0.456. The van der Waals surface area contributed by atoms with Gasteiger partial charge in [0.2, 0.25) is 0 Å². The average Bonchev–Trinajstić information content (AvgIpc) is 2.94. The van der Waals surface area contributed by atoms with E-state index >= 15 is 0 Å². The Kier molecular flexibility index (Phi) is 3.72. The molecule has 1 aliphatic carbocycles. The molecule has 21 heavy (non-hydrogen) atoms. The van der Waals surface area contributed by atoms with E-state index in [1.807, 2.05) is 30.5 Å². The molecule has 1 aromatic heterocycles. The molecular weight excluding hydrogens is 264 g/mol. The van der Waals surface area contributed by atoms with Gasteiger partial charge in [-0.3, -0.25) is 4.79 Å². The van der Waals surface area contributed by atoms with Crippen LogP contribution in [0.1, 0.15) is 43.0 Å². The van der Waals surface area contributed by atoms with Gasteiger partial charge in [-0.05, 0) is 43.0 Å². The molecule has 2 atom stereocenters. The summed E-state index contributed by atoms with van der Waals surface area (Å²) in [7, 11) is 0. The molecule has 1 saturated carbocycles. The molecule has 0 saturated heterocycles. The third-order valence-corrected chi connectivity index (χ3v) is 4.59. The first-order valence-electron chi connectivity index (χ1n) is 7.62. The fourth-order valence-corrected chi connectivity index (χ4v) is 3.46. The number of hydrogen-bond acceptors (Lipinski definition) is 2. The van der Waals surface area contributed by atoms with E-state index in [0.29, 0.717) is 11.5 Å². The molecule has 1 fully saturated rings. The monoisotopic (exact) mass is 286 g/mol. The highest BCUT2D eigenvalue weighted by Gasteiger charge is 2.35. The summed E-state index contributed by atoms with van der Waals surface area (Å²) in [6.45, 7) is 2.19. The zero-order chi connectivity index (χ0) is 14.9. The molecule has 1 heterocycles. The Hall–Kier alpha value is -1.81. The predicted molar refractivity (Wildman–Crippen MR) is 83.2 cm³/mol. The summed E-state index contributed by atoms with van der Waals surface area (Å²) in [4.78, 5) is 15.6. The quantitative estimate of drug-likeness (QED) is 0.812. The number of nitrogens with one attached hydrogen (secondary N) is 2. The van der Waals surface area contributed by atoms with Gasteiger partial charge in [-0.15, -0.1) is 0 Å². The first-order chi connectivity index (χ1) is 10.1. The summed E-state index contributed by atoms with van der Waals surface area (Å²) in [5.74, 6) is 0.444. The second-order valence-corrected chi connectivity index (χ2v) is 6.37. The largest absolute Gasteiger partial charge is 0.394 e. The normalized spacial score (nSPS) is 25.9. The Morgan fingerprint density at radius 2 is 2.33 bits per heavy atom. The van der Waals surface area contributed by atoms with Crippen molar-refractivity contribution in [2.45, 2.75) is 38.1 Å². The van der Waals surface area contributed by atoms with E-state index in [9.17, 15) is 9.90 Å². The molecular formula is C17H22N2O2. The lowest BCUT2D eigenvalue weighted by Crippen LogP contribution is -2.53. The number of H-pyrrole nitrogens is 1. The van der Waals surface area contributed by atoms with E-state index in [-0.39, 0.29) is 12.5 Å². The van der Waals surface area contributed by atoms with Crippen molar-refractivity contribution in [3.63, 3.8) is 0 Å². The summed E-state index contributed by atoms with van der Waals surface area (Å²) in [6.07, 6.45) is 5.80. The Labute approximate surface area is 124 Å². The fraction of sp³-hybridized carbons (Fsp3) is 0.471. The maximum Gasteiger partial charge on any atom is 0.251 e. The Morgan fingerprint density at radius 3 is 3.10 bits per heavy atom. The van der Waals surface area contributed by atoms with Crippen LogP contribution in [0.5, 0.6) is 0 Å². The van der Waals surface area contributed by atoms with Crippen LogP contribution in [0.2, 0.25) is 0 Å². The van der Waals surface area contributed by atoms with Crippen LogP contribution >= 0.6 is 0 Å². The number of rotatable bonds is 3. The number of benzene rings is 1. The lowest BCUT2D eigenvalue weighted by Gasteiger charge is -2.39. The van der Waals surface area contributed by atoms with Gasteiger partial charge in [0.1, 0.15) is 0 Å². The number of aliphatic hydroxyl groups excluding tert-OH is 1. The maximum absolute atomic E-state index is 12.5. The molecule has 3 N–H and O–H groups in total. The van der Waals surface area contributed by atoms with Crippen LogP contribution in [-0.2, 0) is 0 Å². The molecule has 0 aliphatic heterocycles. The van der Waals surface area contributed by atoms with Crippen molar-refractivity contribution >= 4 is 16.8 Å². The van der Waals surface area contributed by atoms with Crippen molar-refractivity contribution in [1.29, 1.82) is 0 Å². The van der Waals surface area contributed by atoms with Crippen LogP contribution in [0.3, 0.4) is 0 Å². The van der Waals surface area contributed by atoms with Crippen molar-refractivity contribution in [3.05, 3.63) is 36.0 Å². The highest BCUT2D eigenvalue weighted by molar-refractivity contribution is 5.98. The minimum absolute atomic E-state index is 0.00940. The summed E-state index contributed by atoms with van der Waals surface area (Å²) in [5.41, 5.74) is 1.21. The van der Waals surface area contributed by atoms with E-state index in [4.69, 9.17) is 0 Å². The van der Waals surface area contributed by atoms with Crippen LogP contribution in [0, 0.1) is 5.92 Å². The topological polar surface area (TPSA) is 65.1 Å². The number of aliphatic hydroxyl groups is 1. The Morgan fingerprint density at radius 1 is 1.48 bits per heavy atom. The number of carbonyl (C=O) groups excluding carboxylic acids is 1. The number of hydrogen-bond donors (Lipinski definition) is 3. The molecule has 2 unspecified atom stereocenters. The molecule has 0 spiro atoms. The minimum Gasteiger partial charge on any atom is -0.394 e. The van der Waals surface area contributed by atoms with Crippen molar-refractivity contribution in [2.75, 3.05) is 6.61 Å². The molecule has 3 rings (SSSR count). The van der Waals surface area contributed by atoms with Gasteiger partial charge in [-0.1, -0.05) is 19.8 Å². The number of aromatic nitrogens is 1. The van der Waals surface area contributed by atoms with Crippen molar-refractivity contribution < 1.29 is 9.90 Å². The Bertz CT molecular complexity index is 649.